The van der Waals surface area contributed by atoms with Crippen LogP contribution in [0.25, 0.3) is 5.69 Å². The van der Waals surface area contributed by atoms with E-state index in [4.69, 9.17) is 11.6 Å². The number of rotatable bonds is 6. The lowest BCUT2D eigenvalue weighted by atomic mass is 10.0. The average molecular weight is 426 g/mol. The zero-order chi connectivity index (χ0) is 21.3. The van der Waals surface area contributed by atoms with Crippen LogP contribution in [0.4, 0.5) is 16.6 Å². The zero-order valence-electron chi connectivity index (χ0n) is 17.1. The van der Waals surface area contributed by atoms with Crippen molar-refractivity contribution < 1.29 is 4.79 Å². The maximum absolute atomic E-state index is 12.3. The third-order valence-electron chi connectivity index (χ3n) is 5.17. The number of nitrogens with zero attached hydrogens (tertiary/aromatic N) is 5. The van der Waals surface area contributed by atoms with E-state index < -0.39 is 0 Å². The topological polar surface area (TPSA) is 88.0 Å². The number of benzene rings is 1. The number of urea groups is 1. The van der Waals surface area contributed by atoms with Crippen LogP contribution in [0.1, 0.15) is 32.5 Å². The molecule has 0 radical (unpaired) electrons. The highest BCUT2D eigenvalue weighted by Crippen LogP contribution is 2.24. The van der Waals surface area contributed by atoms with E-state index in [1.165, 1.54) is 0 Å². The van der Waals surface area contributed by atoms with Crippen LogP contribution in [0.2, 0.25) is 5.02 Å². The second-order valence-corrected chi connectivity index (χ2v) is 8.09. The molecule has 1 saturated heterocycles. The molecule has 30 heavy (non-hydrogen) atoms. The number of aromatic nitrogens is 4. The van der Waals surface area contributed by atoms with Crippen molar-refractivity contribution in [2.24, 2.45) is 5.92 Å². The summed E-state index contributed by atoms with van der Waals surface area (Å²) in [5.41, 5.74) is 1.77. The molecule has 1 fully saturated rings. The molecule has 0 unspecified atom stereocenters. The average Bonchev–Trinajstić information content (AvgIpc) is 3.35. The Kier molecular flexibility index (Phi) is 5.59. The van der Waals surface area contributed by atoms with Gasteiger partial charge in [0.15, 0.2) is 0 Å². The van der Waals surface area contributed by atoms with Crippen molar-refractivity contribution in [2.75, 3.05) is 16.8 Å². The fraction of sp³-hybridized carbons (Fsp3) is 0.333. The number of carbonyl (C=O) groups is 1. The van der Waals surface area contributed by atoms with Gasteiger partial charge >= 0.3 is 6.03 Å². The summed E-state index contributed by atoms with van der Waals surface area (Å²) in [4.78, 5) is 27.4. The summed E-state index contributed by atoms with van der Waals surface area (Å²) >= 11 is 6.09. The molecule has 3 heterocycles. The first-order valence-corrected chi connectivity index (χ1v) is 10.3. The Hall–Kier alpha value is -3.13. The maximum Gasteiger partial charge on any atom is 0.323 e. The van der Waals surface area contributed by atoms with Gasteiger partial charge in [0, 0.05) is 29.6 Å². The fourth-order valence-corrected chi connectivity index (χ4v) is 3.67. The van der Waals surface area contributed by atoms with Crippen LogP contribution < -0.4 is 15.5 Å². The van der Waals surface area contributed by atoms with Crippen molar-refractivity contribution in [2.45, 2.75) is 32.9 Å². The highest BCUT2D eigenvalue weighted by Gasteiger charge is 2.34. The summed E-state index contributed by atoms with van der Waals surface area (Å²) < 4.78 is 1.92. The molecule has 2 N–H and O–H groups in total. The van der Waals surface area contributed by atoms with Gasteiger partial charge in [-0.3, -0.25) is 4.90 Å². The van der Waals surface area contributed by atoms with Gasteiger partial charge in [-0.2, -0.15) is 4.98 Å². The van der Waals surface area contributed by atoms with Gasteiger partial charge in [0.25, 0.3) is 0 Å². The van der Waals surface area contributed by atoms with Crippen LogP contribution in [0, 0.1) is 5.92 Å². The number of nitrogens with one attached hydrogen (secondary N) is 2. The molecule has 2 aromatic heterocycles. The lowest BCUT2D eigenvalue weighted by Gasteiger charge is -2.25. The maximum atomic E-state index is 12.3. The Morgan fingerprint density at radius 2 is 2.07 bits per heavy atom. The minimum atomic E-state index is -0.133. The van der Waals surface area contributed by atoms with Gasteiger partial charge in [0.1, 0.15) is 5.82 Å². The summed E-state index contributed by atoms with van der Waals surface area (Å²) in [6.07, 6.45) is 5.35. The number of hydrogen-bond donors (Lipinski definition) is 2. The summed E-state index contributed by atoms with van der Waals surface area (Å²) in [5, 5.41) is 6.84. The molecule has 0 aliphatic carbocycles. The molecule has 2 amide bonds. The molecule has 0 saturated carbocycles. The van der Waals surface area contributed by atoms with Gasteiger partial charge in [-0.05, 0) is 37.1 Å². The Morgan fingerprint density at radius 3 is 2.83 bits per heavy atom. The van der Waals surface area contributed by atoms with Gasteiger partial charge in [0.2, 0.25) is 5.95 Å². The summed E-state index contributed by atoms with van der Waals surface area (Å²) in [5.74, 6) is 1.34. The zero-order valence-corrected chi connectivity index (χ0v) is 17.8. The van der Waals surface area contributed by atoms with Crippen LogP contribution in [-0.2, 0) is 0 Å². The van der Waals surface area contributed by atoms with Crippen LogP contribution in [0.15, 0.2) is 49.1 Å². The Bertz CT molecular complexity index is 1050. The molecule has 0 spiro atoms. The third-order valence-corrected chi connectivity index (χ3v) is 5.40. The number of carbonyl (C=O) groups excluding carboxylic acids is 1. The van der Waals surface area contributed by atoms with Gasteiger partial charge in [-0.15, -0.1) is 0 Å². The lowest BCUT2D eigenvalue weighted by Crippen LogP contribution is -2.38. The predicted octanol–water partition coefficient (Wildman–Crippen LogP) is 4.04. The quantitative estimate of drug-likeness (QED) is 0.622. The van der Waals surface area contributed by atoms with Crippen molar-refractivity contribution >= 4 is 29.4 Å². The first-order valence-electron chi connectivity index (χ1n) is 9.89. The largest absolute Gasteiger partial charge is 0.346 e. The second-order valence-electron chi connectivity index (χ2n) is 7.66. The molecule has 8 nitrogen and oxygen atoms in total. The fourth-order valence-electron chi connectivity index (χ4n) is 3.49. The summed E-state index contributed by atoms with van der Waals surface area (Å²) in [6.45, 7) is 6.79. The highest BCUT2D eigenvalue weighted by molar-refractivity contribution is 6.30. The monoisotopic (exact) mass is 425 g/mol. The van der Waals surface area contributed by atoms with Crippen LogP contribution in [0.3, 0.4) is 0 Å². The van der Waals surface area contributed by atoms with Gasteiger partial charge in [-0.25, -0.2) is 14.8 Å². The minimum absolute atomic E-state index is 0.0612. The van der Waals surface area contributed by atoms with E-state index in [2.05, 4.69) is 39.4 Å². The van der Waals surface area contributed by atoms with Crippen LogP contribution in [-0.4, -0.2) is 38.1 Å². The Balaban J connectivity index is 1.51. The molecule has 1 aliphatic rings. The van der Waals surface area contributed by atoms with Crippen LogP contribution >= 0.6 is 11.6 Å². The molecule has 2 atom stereocenters. The highest BCUT2D eigenvalue weighted by atomic mass is 35.5. The summed E-state index contributed by atoms with van der Waals surface area (Å²) in [7, 11) is 0. The van der Waals surface area contributed by atoms with E-state index in [-0.39, 0.29) is 18.1 Å². The van der Waals surface area contributed by atoms with Gasteiger partial charge in [0.05, 0.1) is 24.1 Å². The van der Waals surface area contributed by atoms with E-state index in [0.717, 1.165) is 11.4 Å². The molecular formula is C21H24ClN7O. The van der Waals surface area contributed by atoms with Crippen molar-refractivity contribution in [3.8, 4) is 5.69 Å². The standard InChI is InChI=1S/C21H24ClN7O/c1-13(2)18-10-24-21(30)29(18)19-7-8-23-20(27-19)26-14(3)17-11-28(12-25-17)16-6-4-5-15(22)9-16/h4-9,11-14,18H,10H2,1-3H3,(H,24,30)(H,23,26,27)/t14-,18+/m0/s1. The molecule has 0 bridgehead atoms. The number of anilines is 2. The van der Waals surface area contributed by atoms with Crippen LogP contribution in [0.5, 0.6) is 0 Å². The van der Waals surface area contributed by atoms with Gasteiger partial charge in [-0.1, -0.05) is 31.5 Å². The van der Waals surface area contributed by atoms with E-state index in [9.17, 15) is 4.79 Å². The van der Waals surface area contributed by atoms with E-state index >= 15 is 0 Å². The first kappa shape index (κ1) is 20.2. The lowest BCUT2D eigenvalue weighted by molar-refractivity contribution is 0.251. The normalized spacial score (nSPS) is 17.3. The molecule has 1 aromatic carbocycles. The summed E-state index contributed by atoms with van der Waals surface area (Å²) in [6, 6.07) is 9.13. The van der Waals surface area contributed by atoms with Crippen molar-refractivity contribution in [3.05, 3.63) is 59.8 Å². The van der Waals surface area contributed by atoms with E-state index in [0.29, 0.717) is 29.3 Å². The third kappa shape index (κ3) is 4.09. The SMILES string of the molecule is CC(C)[C@H]1CNC(=O)N1c1ccnc(N[C@@H](C)c2cn(-c3cccc(Cl)c3)cn2)n1. The molecule has 3 aromatic rings. The Labute approximate surface area is 180 Å². The molecule has 4 rings (SSSR count). The minimum Gasteiger partial charge on any atom is -0.346 e. The van der Waals surface area contributed by atoms with E-state index in [1.807, 2.05) is 42.0 Å². The molecule has 1 aliphatic heterocycles. The molecule has 156 valence electrons. The van der Waals surface area contributed by atoms with Gasteiger partial charge < -0.3 is 15.2 Å². The van der Waals surface area contributed by atoms with Crippen molar-refractivity contribution in [1.82, 2.24) is 24.8 Å². The number of halogens is 1. The molecular weight excluding hydrogens is 402 g/mol. The first-order chi connectivity index (χ1) is 14.4. The van der Waals surface area contributed by atoms with Crippen molar-refractivity contribution in [3.63, 3.8) is 0 Å². The smallest absolute Gasteiger partial charge is 0.323 e. The number of amides is 2. The van der Waals surface area contributed by atoms with E-state index in [1.54, 1.807) is 23.5 Å². The number of hydrogen-bond acceptors (Lipinski definition) is 5. The number of imidazole rings is 1. The second kappa shape index (κ2) is 8.31. The van der Waals surface area contributed by atoms with Crippen molar-refractivity contribution in [1.29, 1.82) is 0 Å². The Morgan fingerprint density at radius 1 is 1.23 bits per heavy atom. The molecule has 9 heteroatoms. The predicted molar refractivity (Wildman–Crippen MR) is 117 cm³/mol.